The molecule has 9 heteroatoms. The van der Waals surface area contributed by atoms with Crippen LogP contribution in [0.4, 0.5) is 5.69 Å². The maximum absolute atomic E-state index is 12.8. The van der Waals surface area contributed by atoms with Crippen molar-refractivity contribution >= 4 is 33.4 Å². The standard InChI is InChI=1S/C21H21N3O5S/c1-29-21(26)15-6-2-4-8-17(15)22-20(25)14-10-12-24(13-11-14)19-16-7-3-5-9-18(16)30(27,28)23-19/h2-9,14H,10-13H2,1H3,(H,22,25). The Kier molecular flexibility index (Phi) is 5.29. The lowest BCUT2D eigenvalue weighted by molar-refractivity contribution is -0.120. The Morgan fingerprint density at radius 3 is 2.47 bits per heavy atom. The number of hydrogen-bond donors (Lipinski definition) is 1. The highest BCUT2D eigenvalue weighted by atomic mass is 32.2. The maximum atomic E-state index is 12.8. The first-order valence-electron chi connectivity index (χ1n) is 9.58. The lowest BCUT2D eigenvalue weighted by Gasteiger charge is -2.32. The van der Waals surface area contributed by atoms with Crippen LogP contribution >= 0.6 is 0 Å². The van der Waals surface area contributed by atoms with Crippen molar-refractivity contribution in [3.63, 3.8) is 0 Å². The number of fused-ring (bicyclic) bond motifs is 1. The Bertz CT molecular complexity index is 1130. The summed E-state index contributed by atoms with van der Waals surface area (Å²) >= 11 is 0. The molecule has 0 aliphatic carbocycles. The molecule has 2 heterocycles. The summed E-state index contributed by atoms with van der Waals surface area (Å²) in [6, 6.07) is 13.5. The van der Waals surface area contributed by atoms with Crippen molar-refractivity contribution in [2.45, 2.75) is 17.7 Å². The van der Waals surface area contributed by atoms with Crippen molar-refractivity contribution < 1.29 is 22.7 Å². The van der Waals surface area contributed by atoms with E-state index < -0.39 is 16.0 Å². The number of nitrogens with one attached hydrogen (secondary N) is 1. The first kappa shape index (κ1) is 20.1. The molecule has 0 bridgehead atoms. The molecule has 0 spiro atoms. The number of carbonyl (C=O) groups is 2. The van der Waals surface area contributed by atoms with Crippen molar-refractivity contribution in [1.29, 1.82) is 0 Å². The number of hydrogen-bond acceptors (Lipinski definition) is 6. The summed E-state index contributed by atoms with van der Waals surface area (Å²) < 4.78 is 33.3. The topological polar surface area (TPSA) is 105 Å². The minimum atomic E-state index is -3.67. The molecule has 2 aliphatic rings. The van der Waals surface area contributed by atoms with Gasteiger partial charge in [0.15, 0.2) is 5.84 Å². The Balaban J connectivity index is 1.44. The van der Waals surface area contributed by atoms with Crippen molar-refractivity contribution in [3.05, 3.63) is 59.7 Å². The number of methoxy groups -OCH3 is 1. The molecule has 2 aromatic carbocycles. The Morgan fingerprint density at radius 2 is 1.73 bits per heavy atom. The van der Waals surface area contributed by atoms with Crippen molar-refractivity contribution in [2.75, 3.05) is 25.5 Å². The molecular formula is C21H21N3O5S. The van der Waals surface area contributed by atoms with Gasteiger partial charge in [0.1, 0.15) is 4.90 Å². The van der Waals surface area contributed by atoms with Crippen molar-refractivity contribution in [1.82, 2.24) is 4.90 Å². The number of nitrogens with zero attached hydrogens (tertiary/aromatic N) is 2. The van der Waals surface area contributed by atoms with Gasteiger partial charge in [-0.25, -0.2) is 4.79 Å². The van der Waals surface area contributed by atoms with Crippen LogP contribution in [0.1, 0.15) is 28.8 Å². The quantitative estimate of drug-likeness (QED) is 0.754. The normalized spacial score (nSPS) is 17.8. The third kappa shape index (κ3) is 3.68. The summed E-state index contributed by atoms with van der Waals surface area (Å²) in [6.45, 7) is 1.03. The van der Waals surface area contributed by atoms with Gasteiger partial charge in [-0.3, -0.25) is 4.79 Å². The van der Waals surface area contributed by atoms with Crippen LogP contribution in [0, 0.1) is 5.92 Å². The van der Waals surface area contributed by atoms with Crippen LogP contribution in [0.25, 0.3) is 0 Å². The zero-order valence-electron chi connectivity index (χ0n) is 16.4. The fourth-order valence-electron chi connectivity index (χ4n) is 3.78. The largest absolute Gasteiger partial charge is 0.465 e. The maximum Gasteiger partial charge on any atom is 0.339 e. The molecule has 8 nitrogen and oxygen atoms in total. The number of anilines is 1. The lowest BCUT2D eigenvalue weighted by Crippen LogP contribution is -2.41. The van der Waals surface area contributed by atoms with Gasteiger partial charge in [0.05, 0.1) is 18.4 Å². The molecule has 30 heavy (non-hydrogen) atoms. The van der Waals surface area contributed by atoms with Crippen LogP contribution in [0.3, 0.4) is 0 Å². The van der Waals surface area contributed by atoms with Gasteiger partial charge in [0.2, 0.25) is 5.91 Å². The molecule has 2 aliphatic heterocycles. The molecule has 0 aromatic heterocycles. The number of carbonyl (C=O) groups excluding carboxylic acids is 2. The summed E-state index contributed by atoms with van der Waals surface area (Å²) in [5, 5.41) is 2.82. The molecule has 1 saturated heterocycles. The van der Waals surface area contributed by atoms with E-state index in [0.29, 0.717) is 48.6 Å². The van der Waals surface area contributed by atoms with E-state index in [1.165, 1.54) is 7.11 Å². The number of rotatable bonds is 3. The number of amidine groups is 1. The average Bonchev–Trinajstić information content (AvgIpc) is 3.05. The first-order valence-corrected chi connectivity index (χ1v) is 11.0. The molecule has 1 amide bonds. The van der Waals surface area contributed by atoms with Crippen LogP contribution in [0.2, 0.25) is 0 Å². The number of likely N-dealkylation sites (tertiary alicyclic amines) is 1. The highest BCUT2D eigenvalue weighted by Crippen LogP contribution is 2.30. The molecule has 0 saturated carbocycles. The van der Waals surface area contributed by atoms with E-state index in [9.17, 15) is 18.0 Å². The second kappa shape index (κ2) is 7.91. The smallest absolute Gasteiger partial charge is 0.339 e. The zero-order chi connectivity index (χ0) is 21.3. The third-order valence-electron chi connectivity index (χ3n) is 5.37. The number of ether oxygens (including phenoxy) is 1. The van der Waals surface area contributed by atoms with E-state index in [-0.39, 0.29) is 16.7 Å². The van der Waals surface area contributed by atoms with Gasteiger partial charge in [-0.2, -0.15) is 8.42 Å². The van der Waals surface area contributed by atoms with Gasteiger partial charge in [0.25, 0.3) is 10.0 Å². The van der Waals surface area contributed by atoms with E-state index in [2.05, 4.69) is 9.71 Å². The van der Waals surface area contributed by atoms with Gasteiger partial charge < -0.3 is 15.0 Å². The summed E-state index contributed by atoms with van der Waals surface area (Å²) in [5.41, 5.74) is 1.32. The molecule has 4 rings (SSSR count). The summed E-state index contributed by atoms with van der Waals surface area (Å²) in [5.74, 6) is -0.492. The number of para-hydroxylation sites is 1. The number of sulfonamides is 1. The van der Waals surface area contributed by atoms with Gasteiger partial charge in [-0.1, -0.05) is 24.3 Å². The SMILES string of the molecule is COC(=O)c1ccccc1NC(=O)C1CCN(C2=NS(=O)(=O)c3ccccc32)CC1. The predicted octanol–water partition coefficient (Wildman–Crippen LogP) is 2.27. The minimum Gasteiger partial charge on any atom is -0.465 e. The minimum absolute atomic E-state index is 0.174. The lowest BCUT2D eigenvalue weighted by atomic mass is 9.95. The number of piperidine rings is 1. The molecule has 156 valence electrons. The first-order chi connectivity index (χ1) is 14.4. The van der Waals surface area contributed by atoms with E-state index in [1.807, 2.05) is 4.90 Å². The van der Waals surface area contributed by atoms with Crippen LogP contribution in [-0.2, 0) is 19.6 Å². The van der Waals surface area contributed by atoms with E-state index in [0.717, 1.165) is 0 Å². The summed E-state index contributed by atoms with van der Waals surface area (Å²) in [4.78, 5) is 26.8. The molecule has 0 atom stereocenters. The van der Waals surface area contributed by atoms with Gasteiger partial charge in [-0.05, 0) is 37.1 Å². The van der Waals surface area contributed by atoms with E-state index in [1.54, 1.807) is 48.5 Å². The van der Waals surface area contributed by atoms with Gasteiger partial charge in [-0.15, -0.1) is 4.40 Å². The zero-order valence-corrected chi connectivity index (χ0v) is 17.2. The number of benzene rings is 2. The molecule has 0 radical (unpaired) electrons. The van der Waals surface area contributed by atoms with Crippen LogP contribution in [0.15, 0.2) is 57.8 Å². The molecular weight excluding hydrogens is 406 g/mol. The third-order valence-corrected chi connectivity index (χ3v) is 6.69. The van der Waals surface area contributed by atoms with Crippen LogP contribution < -0.4 is 5.32 Å². The predicted molar refractivity (Wildman–Crippen MR) is 111 cm³/mol. The molecule has 1 fully saturated rings. The summed E-state index contributed by atoms with van der Waals surface area (Å²) in [7, 11) is -2.37. The second-order valence-corrected chi connectivity index (χ2v) is 8.75. The van der Waals surface area contributed by atoms with Crippen LogP contribution in [-0.4, -0.2) is 51.2 Å². The molecule has 1 N–H and O–H groups in total. The molecule has 2 aromatic rings. The van der Waals surface area contributed by atoms with Crippen molar-refractivity contribution in [3.8, 4) is 0 Å². The fraction of sp³-hybridized carbons (Fsp3) is 0.286. The monoisotopic (exact) mass is 427 g/mol. The van der Waals surface area contributed by atoms with Gasteiger partial charge >= 0.3 is 5.97 Å². The number of amides is 1. The average molecular weight is 427 g/mol. The fourth-order valence-corrected chi connectivity index (χ4v) is 5.01. The van der Waals surface area contributed by atoms with Gasteiger partial charge in [0, 0.05) is 24.6 Å². The molecule has 0 unspecified atom stereocenters. The van der Waals surface area contributed by atoms with E-state index in [4.69, 9.17) is 4.74 Å². The Labute approximate surface area is 174 Å². The highest BCUT2D eigenvalue weighted by molar-refractivity contribution is 7.90. The highest BCUT2D eigenvalue weighted by Gasteiger charge is 2.34. The number of esters is 1. The second-order valence-electron chi connectivity index (χ2n) is 7.17. The summed E-state index contributed by atoms with van der Waals surface area (Å²) in [6.07, 6.45) is 1.10. The Morgan fingerprint density at radius 1 is 1.07 bits per heavy atom. The van der Waals surface area contributed by atoms with Crippen molar-refractivity contribution in [2.24, 2.45) is 10.3 Å². The van der Waals surface area contributed by atoms with E-state index >= 15 is 0 Å². The Hall–Kier alpha value is -3.20. The van der Waals surface area contributed by atoms with Crippen LogP contribution in [0.5, 0.6) is 0 Å².